The van der Waals surface area contributed by atoms with E-state index in [0.717, 1.165) is 5.01 Å². The third-order valence-corrected chi connectivity index (χ3v) is 2.49. The zero-order valence-corrected chi connectivity index (χ0v) is 10.5. The Morgan fingerprint density at radius 1 is 1.47 bits per heavy atom. The average molecular weight is 269 g/mol. The number of hydrazine groups is 1. The molecule has 6 nitrogen and oxygen atoms in total. The van der Waals surface area contributed by atoms with Gasteiger partial charge in [0.2, 0.25) is 0 Å². The van der Waals surface area contributed by atoms with Gasteiger partial charge in [0.1, 0.15) is 11.5 Å². The first-order valence-corrected chi connectivity index (χ1v) is 5.49. The van der Waals surface area contributed by atoms with Crippen LogP contribution in [0.15, 0.2) is 35.7 Å². The number of carboxylic acid groups (broad SMARTS) is 1. The van der Waals surface area contributed by atoms with Crippen LogP contribution in [0.25, 0.3) is 0 Å². The number of halogens is 1. The lowest BCUT2D eigenvalue weighted by Gasteiger charge is -2.23. The van der Waals surface area contributed by atoms with E-state index >= 15 is 0 Å². The molecule has 1 rings (SSSR count). The maximum Gasteiger partial charge on any atom is 0.353 e. The fourth-order valence-corrected chi connectivity index (χ4v) is 1.50. The highest BCUT2D eigenvalue weighted by molar-refractivity contribution is 5.87. The first-order valence-electron chi connectivity index (χ1n) is 5.49. The highest BCUT2D eigenvalue weighted by Crippen LogP contribution is 2.22. The molecule has 0 heterocycles. The van der Waals surface area contributed by atoms with Crippen LogP contribution in [0.2, 0.25) is 0 Å². The van der Waals surface area contributed by atoms with Crippen molar-refractivity contribution in [3.63, 3.8) is 0 Å². The van der Waals surface area contributed by atoms with Gasteiger partial charge in [-0.25, -0.2) is 15.0 Å². The Balaban J connectivity index is 3.15. The monoisotopic (exact) mass is 269 g/mol. The normalized spacial score (nSPS) is 11.9. The van der Waals surface area contributed by atoms with Crippen LogP contribution in [-0.2, 0) is 9.53 Å². The fourth-order valence-electron chi connectivity index (χ4n) is 1.50. The number of aliphatic carboxylic acids is 1. The van der Waals surface area contributed by atoms with Crippen LogP contribution >= 0.6 is 0 Å². The lowest BCUT2D eigenvalue weighted by molar-refractivity contribution is -0.132. The zero-order chi connectivity index (χ0) is 14.4. The number of carboxylic acids is 1. The van der Waals surface area contributed by atoms with Gasteiger partial charge in [0.25, 0.3) is 0 Å². The molecule has 0 fully saturated rings. The van der Waals surface area contributed by atoms with Crippen LogP contribution in [0.1, 0.15) is 6.42 Å². The van der Waals surface area contributed by atoms with Crippen LogP contribution in [0.4, 0.5) is 10.1 Å². The lowest BCUT2D eigenvalue weighted by atomic mass is 10.2. The fraction of sp³-hybridized carbons (Fsp3) is 0.250. The summed E-state index contributed by atoms with van der Waals surface area (Å²) < 4.78 is 18.5. The predicted octanol–water partition coefficient (Wildman–Crippen LogP) is 0.797. The van der Waals surface area contributed by atoms with Crippen molar-refractivity contribution < 1.29 is 19.0 Å². The Kier molecular flexibility index (Phi) is 5.28. The van der Waals surface area contributed by atoms with Crippen LogP contribution in [-0.4, -0.2) is 24.8 Å². The van der Waals surface area contributed by atoms with Gasteiger partial charge in [-0.05, 0) is 12.1 Å². The third-order valence-electron chi connectivity index (χ3n) is 2.49. The summed E-state index contributed by atoms with van der Waals surface area (Å²) in [5.74, 6) is 3.86. The maximum atomic E-state index is 13.6. The molecule has 0 amide bonds. The van der Waals surface area contributed by atoms with E-state index < -0.39 is 17.5 Å². The predicted molar refractivity (Wildman–Crippen MR) is 68.4 cm³/mol. The smallest absolute Gasteiger partial charge is 0.353 e. The van der Waals surface area contributed by atoms with Crippen LogP contribution in [0.3, 0.4) is 0 Å². The van der Waals surface area contributed by atoms with Crippen molar-refractivity contribution in [3.8, 4) is 0 Å². The number of hydrogen-bond acceptors (Lipinski definition) is 5. The number of anilines is 1. The molecule has 0 saturated heterocycles. The topological polar surface area (TPSA) is 102 Å². The second kappa shape index (κ2) is 6.72. The summed E-state index contributed by atoms with van der Waals surface area (Å²) in [7, 11) is 1.46. The minimum Gasteiger partial charge on any atom is -0.477 e. The van der Waals surface area contributed by atoms with Crippen LogP contribution < -0.4 is 16.6 Å². The van der Waals surface area contributed by atoms with Crippen molar-refractivity contribution in [1.29, 1.82) is 0 Å². The molecule has 0 bridgehead atoms. The Morgan fingerprint density at radius 2 is 2.11 bits per heavy atom. The van der Waals surface area contributed by atoms with Crippen LogP contribution in [0, 0.1) is 5.82 Å². The molecule has 104 valence electrons. The molecule has 0 spiro atoms. The standard InChI is InChI=1S/C12H16FN3O3/c1-19-7-6-10(11(14)12(17)18)16(15)9-5-3-2-4-8(9)13/h2-5H,6-7,14-15H2,1H3,(H,17,18)/b11-10-. The molecular formula is C12H16FN3O3. The van der Waals surface area contributed by atoms with Gasteiger partial charge in [0.15, 0.2) is 0 Å². The molecule has 7 heteroatoms. The number of nitrogens with two attached hydrogens (primary N) is 2. The first-order chi connectivity index (χ1) is 8.99. The highest BCUT2D eigenvalue weighted by Gasteiger charge is 2.18. The van der Waals surface area contributed by atoms with E-state index in [1.54, 1.807) is 6.07 Å². The molecule has 0 unspecified atom stereocenters. The van der Waals surface area contributed by atoms with Crippen molar-refractivity contribution in [2.45, 2.75) is 6.42 Å². The number of para-hydroxylation sites is 1. The lowest BCUT2D eigenvalue weighted by Crippen LogP contribution is -2.35. The Morgan fingerprint density at radius 3 is 2.63 bits per heavy atom. The van der Waals surface area contributed by atoms with Gasteiger partial charge in [-0.3, -0.25) is 5.01 Å². The summed E-state index contributed by atoms with van der Waals surface area (Å²) in [6, 6.07) is 5.74. The first kappa shape index (κ1) is 14.9. The van der Waals surface area contributed by atoms with E-state index in [1.165, 1.54) is 25.3 Å². The largest absolute Gasteiger partial charge is 0.477 e. The van der Waals surface area contributed by atoms with Gasteiger partial charge in [0, 0.05) is 13.5 Å². The third kappa shape index (κ3) is 3.67. The summed E-state index contributed by atoms with van der Waals surface area (Å²) in [5, 5.41) is 9.85. The van der Waals surface area contributed by atoms with Gasteiger partial charge in [0.05, 0.1) is 18.0 Å². The van der Waals surface area contributed by atoms with Gasteiger partial charge in [-0.1, -0.05) is 12.1 Å². The molecule has 5 N–H and O–H groups in total. The summed E-state index contributed by atoms with van der Waals surface area (Å²) >= 11 is 0. The van der Waals surface area contributed by atoms with Crippen molar-refractivity contribution in [2.75, 3.05) is 18.7 Å². The van der Waals surface area contributed by atoms with Crippen molar-refractivity contribution in [2.24, 2.45) is 11.6 Å². The number of benzene rings is 1. The van der Waals surface area contributed by atoms with Gasteiger partial charge in [-0.15, -0.1) is 0 Å². The quantitative estimate of drug-likeness (QED) is 0.401. The van der Waals surface area contributed by atoms with Crippen LogP contribution in [0.5, 0.6) is 0 Å². The molecule has 0 aliphatic carbocycles. The van der Waals surface area contributed by atoms with Gasteiger partial charge >= 0.3 is 5.97 Å². The van der Waals surface area contributed by atoms with Crippen molar-refractivity contribution in [3.05, 3.63) is 41.5 Å². The summed E-state index contributed by atoms with van der Waals surface area (Å²) in [4.78, 5) is 10.9. The summed E-state index contributed by atoms with van der Waals surface area (Å²) in [6.07, 6.45) is 0.152. The Hall–Kier alpha value is -2.12. The Labute approximate surface area is 110 Å². The number of rotatable bonds is 6. The molecule has 1 aromatic rings. The minimum atomic E-state index is -1.32. The van der Waals surface area contributed by atoms with E-state index in [4.69, 9.17) is 21.4 Å². The molecule has 0 aliphatic rings. The second-order valence-electron chi connectivity index (χ2n) is 3.73. The average Bonchev–Trinajstić information content (AvgIpc) is 2.39. The van der Waals surface area contributed by atoms with E-state index in [0.29, 0.717) is 0 Å². The molecule has 0 aromatic heterocycles. The minimum absolute atomic E-state index is 0.0396. The zero-order valence-electron chi connectivity index (χ0n) is 10.5. The SMILES string of the molecule is COCC/C(=C(/N)C(=O)O)N(N)c1ccccc1F. The second-order valence-corrected chi connectivity index (χ2v) is 3.73. The highest BCUT2D eigenvalue weighted by atomic mass is 19.1. The number of carbonyl (C=O) groups is 1. The van der Waals surface area contributed by atoms with E-state index in [1.807, 2.05) is 0 Å². The molecule has 0 aliphatic heterocycles. The summed E-state index contributed by atoms with van der Waals surface area (Å²) in [6.45, 7) is 0.214. The Bertz CT molecular complexity index is 491. The summed E-state index contributed by atoms with van der Waals surface area (Å²) in [5.41, 5.74) is 5.15. The molecular weight excluding hydrogens is 253 g/mol. The van der Waals surface area contributed by atoms with Crippen molar-refractivity contribution in [1.82, 2.24) is 0 Å². The molecule has 0 radical (unpaired) electrons. The van der Waals surface area contributed by atoms with E-state index in [2.05, 4.69) is 0 Å². The van der Waals surface area contributed by atoms with Crippen molar-refractivity contribution >= 4 is 11.7 Å². The number of ether oxygens (including phenoxy) is 1. The molecule has 0 atom stereocenters. The van der Waals surface area contributed by atoms with Gasteiger partial charge in [-0.2, -0.15) is 0 Å². The molecule has 19 heavy (non-hydrogen) atoms. The van der Waals surface area contributed by atoms with E-state index in [-0.39, 0.29) is 24.4 Å². The van der Waals surface area contributed by atoms with Gasteiger partial charge < -0.3 is 15.6 Å². The number of hydrogen-bond donors (Lipinski definition) is 3. The number of nitrogens with zero attached hydrogens (tertiary/aromatic N) is 1. The maximum absolute atomic E-state index is 13.6. The molecule has 0 saturated carbocycles. The number of methoxy groups -OCH3 is 1. The van der Waals surface area contributed by atoms with E-state index in [9.17, 15) is 9.18 Å². The molecule has 1 aromatic carbocycles.